The lowest BCUT2D eigenvalue weighted by Gasteiger charge is -2.33. The van der Waals surface area contributed by atoms with E-state index < -0.39 is 0 Å². The highest BCUT2D eigenvalue weighted by molar-refractivity contribution is 5.79. The maximum Gasteiger partial charge on any atom is 0.225 e. The zero-order valence-corrected chi connectivity index (χ0v) is 14.1. The molecule has 126 valence electrons. The molecule has 3 rings (SSSR count). The van der Waals surface area contributed by atoms with Crippen LogP contribution in [-0.2, 0) is 16.1 Å². The summed E-state index contributed by atoms with van der Waals surface area (Å²) in [4.78, 5) is 14.5. The SMILES string of the molecule is O=C(C1CCCC1)N1CCC(CCOCc2ccccc2)CC1. The average molecular weight is 315 g/mol. The number of nitrogens with zero attached hydrogens (tertiary/aromatic N) is 1. The summed E-state index contributed by atoms with van der Waals surface area (Å²) in [6.45, 7) is 3.45. The third-order valence-corrected chi connectivity index (χ3v) is 5.41. The summed E-state index contributed by atoms with van der Waals surface area (Å²) in [6, 6.07) is 10.3. The molecule has 1 aliphatic carbocycles. The van der Waals surface area contributed by atoms with Crippen LogP contribution in [0.2, 0.25) is 0 Å². The molecule has 0 N–H and O–H groups in total. The minimum absolute atomic E-state index is 0.334. The summed E-state index contributed by atoms with van der Waals surface area (Å²) in [5.74, 6) is 1.49. The van der Waals surface area contributed by atoms with Crippen molar-refractivity contribution < 1.29 is 9.53 Å². The van der Waals surface area contributed by atoms with E-state index in [0.29, 0.717) is 18.4 Å². The van der Waals surface area contributed by atoms with Gasteiger partial charge in [-0.3, -0.25) is 4.79 Å². The Kier molecular flexibility index (Phi) is 6.09. The fraction of sp³-hybridized carbons (Fsp3) is 0.650. The molecule has 2 fully saturated rings. The number of likely N-dealkylation sites (tertiary alicyclic amines) is 1. The Morgan fingerprint density at radius 2 is 1.74 bits per heavy atom. The zero-order chi connectivity index (χ0) is 15.9. The summed E-state index contributed by atoms with van der Waals surface area (Å²) in [7, 11) is 0. The van der Waals surface area contributed by atoms with Crippen LogP contribution in [0.25, 0.3) is 0 Å². The fourth-order valence-corrected chi connectivity index (χ4v) is 3.89. The van der Waals surface area contributed by atoms with Crippen LogP contribution in [0.4, 0.5) is 0 Å². The molecule has 0 bridgehead atoms. The lowest BCUT2D eigenvalue weighted by Crippen LogP contribution is -2.41. The Morgan fingerprint density at radius 1 is 1.04 bits per heavy atom. The van der Waals surface area contributed by atoms with Gasteiger partial charge in [-0.05, 0) is 43.6 Å². The molecule has 1 saturated carbocycles. The first kappa shape index (κ1) is 16.5. The normalized spacial score (nSPS) is 20.1. The number of hydrogen-bond donors (Lipinski definition) is 0. The minimum Gasteiger partial charge on any atom is -0.377 e. The van der Waals surface area contributed by atoms with E-state index in [4.69, 9.17) is 4.74 Å². The van der Waals surface area contributed by atoms with Gasteiger partial charge < -0.3 is 9.64 Å². The van der Waals surface area contributed by atoms with Crippen LogP contribution >= 0.6 is 0 Å². The van der Waals surface area contributed by atoms with E-state index in [-0.39, 0.29) is 0 Å². The van der Waals surface area contributed by atoms with Gasteiger partial charge in [0.05, 0.1) is 6.61 Å². The third kappa shape index (κ3) is 4.81. The Bertz CT molecular complexity index is 474. The molecule has 1 aromatic carbocycles. The summed E-state index contributed by atoms with van der Waals surface area (Å²) in [6.07, 6.45) is 8.13. The summed E-state index contributed by atoms with van der Waals surface area (Å²) >= 11 is 0. The van der Waals surface area contributed by atoms with Gasteiger partial charge in [0.15, 0.2) is 0 Å². The van der Waals surface area contributed by atoms with Crippen molar-refractivity contribution in [1.82, 2.24) is 4.90 Å². The number of carbonyl (C=O) groups is 1. The number of carbonyl (C=O) groups excluding carboxylic acids is 1. The van der Waals surface area contributed by atoms with E-state index in [2.05, 4.69) is 29.2 Å². The fourth-order valence-electron chi connectivity index (χ4n) is 3.89. The Balaban J connectivity index is 1.31. The third-order valence-electron chi connectivity index (χ3n) is 5.41. The minimum atomic E-state index is 0.334. The van der Waals surface area contributed by atoms with E-state index in [9.17, 15) is 4.79 Å². The maximum atomic E-state index is 12.4. The van der Waals surface area contributed by atoms with E-state index in [1.54, 1.807) is 0 Å². The molecule has 0 spiro atoms. The molecule has 3 nitrogen and oxygen atoms in total. The lowest BCUT2D eigenvalue weighted by molar-refractivity contribution is -0.136. The number of piperidine rings is 1. The van der Waals surface area contributed by atoms with Gasteiger partial charge >= 0.3 is 0 Å². The maximum absolute atomic E-state index is 12.4. The highest BCUT2D eigenvalue weighted by Crippen LogP contribution is 2.29. The number of rotatable bonds is 6. The highest BCUT2D eigenvalue weighted by Gasteiger charge is 2.29. The molecule has 2 aliphatic rings. The van der Waals surface area contributed by atoms with Crippen molar-refractivity contribution in [3.05, 3.63) is 35.9 Å². The summed E-state index contributed by atoms with van der Waals surface area (Å²) in [5.41, 5.74) is 1.24. The summed E-state index contributed by atoms with van der Waals surface area (Å²) in [5, 5.41) is 0. The highest BCUT2D eigenvalue weighted by atomic mass is 16.5. The molecule has 0 unspecified atom stereocenters. The monoisotopic (exact) mass is 315 g/mol. The molecule has 1 aromatic rings. The first-order chi connectivity index (χ1) is 11.3. The Labute approximate surface area is 140 Å². The predicted octanol–water partition coefficient (Wildman–Crippen LogP) is 4.02. The van der Waals surface area contributed by atoms with E-state index in [1.165, 1.54) is 18.4 Å². The molecule has 0 radical (unpaired) electrons. The quantitative estimate of drug-likeness (QED) is 0.742. The molecule has 0 aromatic heterocycles. The first-order valence-electron chi connectivity index (χ1n) is 9.23. The summed E-state index contributed by atoms with van der Waals surface area (Å²) < 4.78 is 5.80. The van der Waals surface area contributed by atoms with Gasteiger partial charge in [-0.25, -0.2) is 0 Å². The largest absolute Gasteiger partial charge is 0.377 e. The predicted molar refractivity (Wildman–Crippen MR) is 92.0 cm³/mol. The van der Waals surface area contributed by atoms with Gasteiger partial charge in [-0.1, -0.05) is 43.2 Å². The van der Waals surface area contributed by atoms with Crippen LogP contribution < -0.4 is 0 Å². The molecule has 1 heterocycles. The second-order valence-corrected chi connectivity index (χ2v) is 7.08. The second kappa shape index (κ2) is 8.49. The van der Waals surface area contributed by atoms with Crippen LogP contribution in [0, 0.1) is 11.8 Å². The number of hydrogen-bond acceptors (Lipinski definition) is 2. The van der Waals surface area contributed by atoms with Gasteiger partial charge in [-0.15, -0.1) is 0 Å². The van der Waals surface area contributed by atoms with Crippen LogP contribution in [-0.4, -0.2) is 30.5 Å². The van der Waals surface area contributed by atoms with Crippen molar-refractivity contribution >= 4 is 5.91 Å². The molecule has 1 aliphatic heterocycles. The number of amides is 1. The van der Waals surface area contributed by atoms with Crippen molar-refractivity contribution in [3.63, 3.8) is 0 Å². The van der Waals surface area contributed by atoms with Crippen molar-refractivity contribution in [2.75, 3.05) is 19.7 Å². The van der Waals surface area contributed by atoms with Crippen LogP contribution in [0.3, 0.4) is 0 Å². The van der Waals surface area contributed by atoms with Gasteiger partial charge in [0.2, 0.25) is 5.91 Å². The number of ether oxygens (including phenoxy) is 1. The first-order valence-corrected chi connectivity index (χ1v) is 9.23. The molecular weight excluding hydrogens is 286 g/mol. The van der Waals surface area contributed by atoms with Crippen molar-refractivity contribution in [3.8, 4) is 0 Å². The van der Waals surface area contributed by atoms with Crippen molar-refractivity contribution in [2.24, 2.45) is 11.8 Å². The van der Waals surface area contributed by atoms with Gasteiger partial charge in [-0.2, -0.15) is 0 Å². The topological polar surface area (TPSA) is 29.5 Å². The van der Waals surface area contributed by atoms with E-state index in [1.807, 2.05) is 6.07 Å². The standard InChI is InChI=1S/C20H29NO2/c22-20(19-8-4-5-9-19)21-13-10-17(11-14-21)12-15-23-16-18-6-2-1-3-7-18/h1-3,6-7,17,19H,4-5,8-16H2. The van der Waals surface area contributed by atoms with Crippen LogP contribution in [0.5, 0.6) is 0 Å². The Morgan fingerprint density at radius 3 is 2.43 bits per heavy atom. The molecule has 23 heavy (non-hydrogen) atoms. The second-order valence-electron chi connectivity index (χ2n) is 7.08. The van der Waals surface area contributed by atoms with Crippen LogP contribution in [0.1, 0.15) is 50.5 Å². The molecule has 0 atom stereocenters. The van der Waals surface area contributed by atoms with Gasteiger partial charge in [0, 0.05) is 25.6 Å². The molecule has 1 saturated heterocycles. The molecule has 3 heteroatoms. The van der Waals surface area contributed by atoms with E-state index >= 15 is 0 Å². The Hall–Kier alpha value is -1.35. The van der Waals surface area contributed by atoms with E-state index in [0.717, 1.165) is 57.7 Å². The smallest absolute Gasteiger partial charge is 0.225 e. The van der Waals surface area contributed by atoms with Gasteiger partial charge in [0.1, 0.15) is 0 Å². The zero-order valence-electron chi connectivity index (χ0n) is 14.1. The molecular formula is C20H29NO2. The molecule has 1 amide bonds. The average Bonchev–Trinajstić information content (AvgIpc) is 3.14. The van der Waals surface area contributed by atoms with Crippen LogP contribution in [0.15, 0.2) is 30.3 Å². The van der Waals surface area contributed by atoms with Gasteiger partial charge in [0.25, 0.3) is 0 Å². The number of benzene rings is 1. The van der Waals surface area contributed by atoms with Crippen molar-refractivity contribution in [1.29, 1.82) is 0 Å². The van der Waals surface area contributed by atoms with Crippen molar-refractivity contribution in [2.45, 2.75) is 51.6 Å². The lowest BCUT2D eigenvalue weighted by atomic mass is 9.93.